The van der Waals surface area contributed by atoms with Crippen LogP contribution in [0.15, 0.2) is 4.99 Å². The van der Waals surface area contributed by atoms with Crippen LogP contribution in [0, 0.1) is 5.92 Å². The van der Waals surface area contributed by atoms with Gasteiger partial charge in [-0.1, -0.05) is 13.8 Å². The molecule has 1 aliphatic carbocycles. The molecule has 1 aliphatic rings. The van der Waals surface area contributed by atoms with Crippen LogP contribution in [0.4, 0.5) is 0 Å². The van der Waals surface area contributed by atoms with E-state index in [0.29, 0.717) is 18.9 Å². The summed E-state index contributed by atoms with van der Waals surface area (Å²) in [6.45, 7) is 7.39. The van der Waals surface area contributed by atoms with Crippen molar-refractivity contribution < 1.29 is 14.3 Å². The van der Waals surface area contributed by atoms with Crippen molar-refractivity contribution in [1.82, 2.24) is 10.6 Å². The van der Waals surface area contributed by atoms with Crippen LogP contribution in [0.3, 0.4) is 0 Å². The van der Waals surface area contributed by atoms with Gasteiger partial charge in [-0.25, -0.2) is 0 Å². The van der Waals surface area contributed by atoms with E-state index < -0.39 is 0 Å². The maximum absolute atomic E-state index is 11.7. The van der Waals surface area contributed by atoms with Crippen LogP contribution in [0.25, 0.3) is 0 Å². The van der Waals surface area contributed by atoms with Gasteiger partial charge in [-0.2, -0.15) is 0 Å². The SMILES string of the molecule is CN=C(NCCCOCC(C)C)NCCCC(=O)OC1CCCC1. The van der Waals surface area contributed by atoms with E-state index in [0.717, 1.165) is 51.4 Å². The van der Waals surface area contributed by atoms with Gasteiger partial charge in [-0.15, -0.1) is 0 Å². The van der Waals surface area contributed by atoms with Crippen molar-refractivity contribution in [2.45, 2.75) is 64.9 Å². The van der Waals surface area contributed by atoms with Gasteiger partial charge in [0.2, 0.25) is 0 Å². The maximum Gasteiger partial charge on any atom is 0.306 e. The first kappa shape index (κ1) is 20.7. The van der Waals surface area contributed by atoms with Crippen molar-refractivity contribution in [2.75, 3.05) is 33.4 Å². The number of carbonyl (C=O) groups excluding carboxylic acids is 1. The minimum absolute atomic E-state index is 0.0750. The highest BCUT2D eigenvalue weighted by Gasteiger charge is 2.18. The van der Waals surface area contributed by atoms with E-state index in [-0.39, 0.29) is 12.1 Å². The number of rotatable bonds is 11. The third kappa shape index (κ3) is 10.5. The number of carbonyl (C=O) groups is 1. The van der Waals surface area contributed by atoms with Gasteiger partial charge in [-0.3, -0.25) is 9.79 Å². The second kappa shape index (κ2) is 13.0. The zero-order valence-electron chi connectivity index (χ0n) is 15.6. The van der Waals surface area contributed by atoms with Crippen molar-refractivity contribution >= 4 is 11.9 Å². The molecule has 0 bridgehead atoms. The lowest BCUT2D eigenvalue weighted by Crippen LogP contribution is -2.38. The number of nitrogens with zero attached hydrogens (tertiary/aromatic N) is 1. The zero-order valence-corrected chi connectivity index (χ0v) is 15.6. The molecule has 24 heavy (non-hydrogen) atoms. The van der Waals surface area contributed by atoms with Crippen LogP contribution in [0.2, 0.25) is 0 Å². The molecule has 1 saturated carbocycles. The van der Waals surface area contributed by atoms with Crippen LogP contribution < -0.4 is 10.6 Å². The normalized spacial score (nSPS) is 15.8. The monoisotopic (exact) mass is 341 g/mol. The van der Waals surface area contributed by atoms with Crippen molar-refractivity contribution in [3.63, 3.8) is 0 Å². The Morgan fingerprint density at radius 1 is 1.17 bits per heavy atom. The number of esters is 1. The van der Waals surface area contributed by atoms with E-state index in [9.17, 15) is 4.79 Å². The summed E-state index contributed by atoms with van der Waals surface area (Å²) in [5.41, 5.74) is 0. The number of nitrogens with one attached hydrogen (secondary N) is 2. The Balaban J connectivity index is 1.98. The summed E-state index contributed by atoms with van der Waals surface area (Å²) < 4.78 is 11.0. The van der Waals surface area contributed by atoms with Gasteiger partial charge in [-0.05, 0) is 44.4 Å². The molecule has 1 fully saturated rings. The van der Waals surface area contributed by atoms with Crippen LogP contribution in [0.5, 0.6) is 0 Å². The Hall–Kier alpha value is -1.30. The second-order valence-electron chi connectivity index (χ2n) is 6.75. The molecular formula is C18H35N3O3. The molecule has 0 aromatic heterocycles. The molecule has 6 nitrogen and oxygen atoms in total. The van der Waals surface area contributed by atoms with E-state index in [4.69, 9.17) is 9.47 Å². The van der Waals surface area contributed by atoms with E-state index in [1.165, 1.54) is 12.8 Å². The number of hydrogen-bond acceptors (Lipinski definition) is 4. The first-order chi connectivity index (χ1) is 11.6. The molecule has 0 aliphatic heterocycles. The minimum Gasteiger partial charge on any atom is -0.462 e. The number of ether oxygens (including phenoxy) is 2. The molecule has 140 valence electrons. The molecule has 0 atom stereocenters. The Labute approximate surface area is 146 Å². The molecule has 0 heterocycles. The minimum atomic E-state index is -0.0750. The van der Waals surface area contributed by atoms with E-state index in [1.54, 1.807) is 7.05 Å². The van der Waals surface area contributed by atoms with Crippen LogP contribution >= 0.6 is 0 Å². The lowest BCUT2D eigenvalue weighted by Gasteiger charge is -2.13. The highest BCUT2D eigenvalue weighted by atomic mass is 16.5. The zero-order chi connectivity index (χ0) is 17.6. The standard InChI is InChI=1S/C18H35N3O3/c1-15(2)14-23-13-7-12-21-18(19-3)20-11-6-10-17(22)24-16-8-4-5-9-16/h15-16H,4-14H2,1-3H3,(H2,19,20,21). The van der Waals surface area contributed by atoms with Gasteiger partial charge in [0.1, 0.15) is 6.10 Å². The summed E-state index contributed by atoms with van der Waals surface area (Å²) in [6.07, 6.45) is 6.75. The summed E-state index contributed by atoms with van der Waals surface area (Å²) in [5.74, 6) is 1.27. The highest BCUT2D eigenvalue weighted by molar-refractivity contribution is 5.79. The lowest BCUT2D eigenvalue weighted by molar-refractivity contribution is -0.148. The van der Waals surface area contributed by atoms with Gasteiger partial charge in [0.25, 0.3) is 0 Å². The Bertz CT molecular complexity index is 367. The molecule has 0 aromatic carbocycles. The van der Waals surface area contributed by atoms with E-state index in [2.05, 4.69) is 29.5 Å². The predicted octanol–water partition coefficient (Wildman–Crippen LogP) is 2.48. The molecule has 1 rings (SSSR count). The van der Waals surface area contributed by atoms with Gasteiger partial charge in [0, 0.05) is 39.8 Å². The lowest BCUT2D eigenvalue weighted by atomic mass is 10.2. The van der Waals surface area contributed by atoms with Gasteiger partial charge < -0.3 is 20.1 Å². The first-order valence-electron chi connectivity index (χ1n) is 9.33. The Morgan fingerprint density at radius 2 is 1.83 bits per heavy atom. The van der Waals surface area contributed by atoms with E-state index >= 15 is 0 Å². The van der Waals surface area contributed by atoms with Crippen LogP contribution in [0.1, 0.15) is 58.8 Å². The summed E-state index contributed by atoms with van der Waals surface area (Å²) in [6, 6.07) is 0. The second-order valence-corrected chi connectivity index (χ2v) is 6.75. The molecule has 0 amide bonds. The third-order valence-corrected chi connectivity index (χ3v) is 3.88. The number of hydrogen-bond donors (Lipinski definition) is 2. The van der Waals surface area contributed by atoms with Crippen molar-refractivity contribution in [3.8, 4) is 0 Å². The third-order valence-electron chi connectivity index (χ3n) is 3.88. The molecule has 0 saturated heterocycles. The summed E-state index contributed by atoms with van der Waals surface area (Å²) >= 11 is 0. The maximum atomic E-state index is 11.7. The average molecular weight is 341 g/mol. The molecule has 0 unspecified atom stereocenters. The Kier molecular flexibility index (Phi) is 11.3. The topological polar surface area (TPSA) is 72.0 Å². The quantitative estimate of drug-likeness (QED) is 0.261. The van der Waals surface area contributed by atoms with Gasteiger partial charge in [0.15, 0.2) is 5.96 Å². The average Bonchev–Trinajstić information content (AvgIpc) is 3.05. The summed E-state index contributed by atoms with van der Waals surface area (Å²) in [5, 5.41) is 6.46. The molecule has 6 heteroatoms. The fourth-order valence-corrected chi connectivity index (χ4v) is 2.61. The van der Waals surface area contributed by atoms with Crippen molar-refractivity contribution in [2.24, 2.45) is 10.9 Å². The predicted molar refractivity (Wildman–Crippen MR) is 97.2 cm³/mol. The van der Waals surface area contributed by atoms with E-state index in [1.807, 2.05) is 0 Å². The molecule has 0 radical (unpaired) electrons. The molecular weight excluding hydrogens is 306 g/mol. The first-order valence-corrected chi connectivity index (χ1v) is 9.33. The fraction of sp³-hybridized carbons (Fsp3) is 0.889. The largest absolute Gasteiger partial charge is 0.462 e. The van der Waals surface area contributed by atoms with Crippen molar-refractivity contribution in [3.05, 3.63) is 0 Å². The Morgan fingerprint density at radius 3 is 2.46 bits per heavy atom. The van der Waals surface area contributed by atoms with Crippen LogP contribution in [-0.2, 0) is 14.3 Å². The molecule has 0 aromatic rings. The number of guanidine groups is 1. The summed E-state index contributed by atoms with van der Waals surface area (Å²) in [4.78, 5) is 15.9. The van der Waals surface area contributed by atoms with Crippen molar-refractivity contribution in [1.29, 1.82) is 0 Å². The highest BCUT2D eigenvalue weighted by Crippen LogP contribution is 2.21. The smallest absolute Gasteiger partial charge is 0.306 e. The van der Waals surface area contributed by atoms with Crippen LogP contribution in [-0.4, -0.2) is 51.4 Å². The molecule has 0 spiro atoms. The van der Waals surface area contributed by atoms with Gasteiger partial charge in [0.05, 0.1) is 0 Å². The number of aliphatic imine (C=N–C) groups is 1. The molecule has 2 N–H and O–H groups in total. The van der Waals surface area contributed by atoms with Gasteiger partial charge >= 0.3 is 5.97 Å². The summed E-state index contributed by atoms with van der Waals surface area (Å²) in [7, 11) is 1.75. The fourth-order valence-electron chi connectivity index (χ4n) is 2.61.